The number of nitrogens with one attached hydrogen (secondary N) is 1. The van der Waals surface area contributed by atoms with Crippen molar-refractivity contribution in [2.75, 3.05) is 6.54 Å². The van der Waals surface area contributed by atoms with Gasteiger partial charge in [0.15, 0.2) is 23.0 Å². The number of rotatable bonds is 2. The van der Waals surface area contributed by atoms with Crippen LogP contribution in [0.4, 0.5) is 0 Å². The predicted molar refractivity (Wildman–Crippen MR) is 85.4 cm³/mol. The second-order valence-electron chi connectivity index (χ2n) is 5.43. The van der Waals surface area contributed by atoms with E-state index in [4.69, 9.17) is 0 Å². The Balaban J connectivity index is 1.95. The van der Waals surface area contributed by atoms with Gasteiger partial charge in [-0.05, 0) is 60.3 Å². The van der Waals surface area contributed by atoms with Gasteiger partial charge in [-0.25, -0.2) is 0 Å². The van der Waals surface area contributed by atoms with E-state index in [0.29, 0.717) is 10.9 Å². The molecule has 3 rings (SSSR count). The summed E-state index contributed by atoms with van der Waals surface area (Å²) in [5.41, 5.74) is 2.77. The Bertz CT molecular complexity index is 733. The van der Waals surface area contributed by atoms with Gasteiger partial charge in [0.1, 0.15) is 0 Å². The van der Waals surface area contributed by atoms with E-state index in [0.717, 1.165) is 29.7 Å². The summed E-state index contributed by atoms with van der Waals surface area (Å²) in [7, 11) is 0. The lowest BCUT2D eigenvalue weighted by Crippen LogP contribution is -2.31. The fourth-order valence-electron chi connectivity index (χ4n) is 2.82. The molecule has 0 bridgehead atoms. The van der Waals surface area contributed by atoms with Crippen LogP contribution in [0.1, 0.15) is 22.7 Å². The van der Waals surface area contributed by atoms with E-state index in [9.17, 15) is 20.4 Å². The highest BCUT2D eigenvalue weighted by Crippen LogP contribution is 2.37. The molecule has 22 heavy (non-hydrogen) atoms. The van der Waals surface area contributed by atoms with E-state index in [1.807, 2.05) is 0 Å². The fourth-order valence-corrected chi connectivity index (χ4v) is 3.31. The van der Waals surface area contributed by atoms with Crippen LogP contribution in [0.3, 0.4) is 0 Å². The summed E-state index contributed by atoms with van der Waals surface area (Å²) in [6, 6.07) is 6.12. The summed E-state index contributed by atoms with van der Waals surface area (Å²) in [6.45, 7) is 0.767. The topological polar surface area (TPSA) is 93.0 Å². The summed E-state index contributed by atoms with van der Waals surface area (Å²) >= 11 is 3.39. The molecule has 1 heterocycles. The molecule has 6 heteroatoms. The molecule has 0 fully saturated rings. The second-order valence-corrected chi connectivity index (χ2v) is 6.29. The van der Waals surface area contributed by atoms with Crippen molar-refractivity contribution in [3.63, 3.8) is 0 Å². The van der Waals surface area contributed by atoms with Gasteiger partial charge in [0.2, 0.25) is 0 Å². The molecule has 1 atom stereocenters. The highest BCUT2D eigenvalue weighted by molar-refractivity contribution is 9.10. The van der Waals surface area contributed by atoms with Gasteiger partial charge in [0.05, 0.1) is 0 Å². The average molecular weight is 366 g/mol. The normalized spacial score (nSPS) is 17.2. The number of benzene rings is 2. The quantitative estimate of drug-likeness (QED) is 0.527. The van der Waals surface area contributed by atoms with Crippen LogP contribution in [0.5, 0.6) is 23.0 Å². The van der Waals surface area contributed by atoms with Crippen molar-refractivity contribution in [2.45, 2.75) is 18.9 Å². The van der Waals surface area contributed by atoms with Crippen molar-refractivity contribution in [1.29, 1.82) is 0 Å². The van der Waals surface area contributed by atoms with Crippen LogP contribution in [-0.2, 0) is 12.8 Å². The van der Waals surface area contributed by atoms with Crippen LogP contribution in [-0.4, -0.2) is 27.0 Å². The minimum absolute atomic E-state index is 0.0458. The Morgan fingerprint density at radius 1 is 0.955 bits per heavy atom. The maximum absolute atomic E-state index is 9.73. The highest BCUT2D eigenvalue weighted by atomic mass is 79.9. The van der Waals surface area contributed by atoms with Crippen LogP contribution < -0.4 is 5.32 Å². The first-order valence-electron chi connectivity index (χ1n) is 6.94. The molecular formula is C16H16BrNO4. The molecule has 0 aliphatic carbocycles. The number of halogens is 1. The first-order chi connectivity index (χ1) is 10.5. The molecule has 0 radical (unpaired) electrons. The third-order valence-electron chi connectivity index (χ3n) is 3.96. The van der Waals surface area contributed by atoms with Crippen LogP contribution in [0, 0.1) is 0 Å². The SMILES string of the molecule is Oc1cc(Br)c(CC2NCCc3cc(O)c(O)cc32)cc1O. The average Bonchev–Trinajstić information content (AvgIpc) is 2.46. The molecule has 0 amide bonds. The largest absolute Gasteiger partial charge is 0.504 e. The van der Waals surface area contributed by atoms with E-state index in [2.05, 4.69) is 21.2 Å². The van der Waals surface area contributed by atoms with Gasteiger partial charge in [-0.15, -0.1) is 0 Å². The Labute approximate surface area is 136 Å². The number of phenols is 4. The van der Waals surface area contributed by atoms with Crippen LogP contribution in [0.2, 0.25) is 0 Å². The molecule has 2 aromatic rings. The third kappa shape index (κ3) is 2.71. The summed E-state index contributed by atoms with van der Waals surface area (Å²) in [5, 5.41) is 41.9. The zero-order valence-corrected chi connectivity index (χ0v) is 13.3. The maximum Gasteiger partial charge on any atom is 0.158 e. The molecule has 2 aromatic carbocycles. The van der Waals surface area contributed by atoms with E-state index in [-0.39, 0.29) is 29.0 Å². The molecule has 5 nitrogen and oxygen atoms in total. The molecular weight excluding hydrogens is 350 g/mol. The Morgan fingerprint density at radius 2 is 1.59 bits per heavy atom. The van der Waals surface area contributed by atoms with Gasteiger partial charge in [-0.3, -0.25) is 0 Å². The van der Waals surface area contributed by atoms with Crippen molar-refractivity contribution in [3.8, 4) is 23.0 Å². The standard InChI is InChI=1S/C16H16BrNO4/c17-11-7-16(22)14(20)5-9(11)3-12-10-6-15(21)13(19)4-8(10)1-2-18-12/h4-7,12,18-22H,1-3H2. The monoisotopic (exact) mass is 365 g/mol. The van der Waals surface area contributed by atoms with Crippen LogP contribution in [0.25, 0.3) is 0 Å². The lowest BCUT2D eigenvalue weighted by molar-refractivity contribution is 0.397. The molecule has 0 saturated heterocycles. The molecule has 1 unspecified atom stereocenters. The summed E-state index contributed by atoms with van der Waals surface area (Å²) in [6.07, 6.45) is 1.35. The molecule has 5 N–H and O–H groups in total. The number of aromatic hydroxyl groups is 4. The van der Waals surface area contributed by atoms with Gasteiger partial charge in [-0.2, -0.15) is 0 Å². The maximum atomic E-state index is 9.73. The van der Waals surface area contributed by atoms with Crippen molar-refractivity contribution >= 4 is 15.9 Å². The fraction of sp³-hybridized carbons (Fsp3) is 0.250. The number of phenolic OH excluding ortho intramolecular Hbond substituents is 4. The third-order valence-corrected chi connectivity index (χ3v) is 4.70. The Hall–Kier alpha value is -1.92. The molecule has 116 valence electrons. The van der Waals surface area contributed by atoms with E-state index >= 15 is 0 Å². The van der Waals surface area contributed by atoms with Crippen molar-refractivity contribution in [2.24, 2.45) is 0 Å². The van der Waals surface area contributed by atoms with Gasteiger partial charge in [-0.1, -0.05) is 15.9 Å². The van der Waals surface area contributed by atoms with Gasteiger partial charge < -0.3 is 25.7 Å². The minimum Gasteiger partial charge on any atom is -0.504 e. The first-order valence-corrected chi connectivity index (χ1v) is 7.73. The molecule has 0 spiro atoms. The second kappa shape index (κ2) is 5.70. The Kier molecular flexibility index (Phi) is 3.88. The number of hydrogen-bond acceptors (Lipinski definition) is 5. The summed E-state index contributed by atoms with van der Waals surface area (Å²) in [4.78, 5) is 0. The molecule has 1 aliphatic rings. The first kappa shape index (κ1) is 15.0. The number of fused-ring (bicyclic) bond motifs is 1. The summed E-state index contributed by atoms with van der Waals surface area (Å²) < 4.78 is 0.708. The van der Waals surface area contributed by atoms with E-state index in [1.165, 1.54) is 12.1 Å². The highest BCUT2D eigenvalue weighted by Gasteiger charge is 2.23. The minimum atomic E-state index is -0.171. The van der Waals surface area contributed by atoms with E-state index in [1.54, 1.807) is 12.1 Å². The van der Waals surface area contributed by atoms with Crippen molar-refractivity contribution in [1.82, 2.24) is 5.32 Å². The molecule has 1 aliphatic heterocycles. The molecule has 0 saturated carbocycles. The van der Waals surface area contributed by atoms with Crippen molar-refractivity contribution < 1.29 is 20.4 Å². The summed E-state index contributed by atoms with van der Waals surface area (Å²) in [5.74, 6) is -0.582. The zero-order valence-electron chi connectivity index (χ0n) is 11.7. The number of hydrogen-bond donors (Lipinski definition) is 5. The predicted octanol–water partition coefficient (Wildman–Crippen LogP) is 2.70. The smallest absolute Gasteiger partial charge is 0.158 e. The van der Waals surface area contributed by atoms with Crippen LogP contribution in [0.15, 0.2) is 28.7 Å². The van der Waals surface area contributed by atoms with Gasteiger partial charge in [0.25, 0.3) is 0 Å². The van der Waals surface area contributed by atoms with Crippen LogP contribution >= 0.6 is 15.9 Å². The lowest BCUT2D eigenvalue weighted by Gasteiger charge is -2.28. The Morgan fingerprint density at radius 3 is 2.36 bits per heavy atom. The van der Waals surface area contributed by atoms with Gasteiger partial charge in [0, 0.05) is 10.5 Å². The lowest BCUT2D eigenvalue weighted by atomic mass is 9.90. The van der Waals surface area contributed by atoms with Gasteiger partial charge >= 0.3 is 0 Å². The van der Waals surface area contributed by atoms with Crippen molar-refractivity contribution in [3.05, 3.63) is 45.4 Å². The van der Waals surface area contributed by atoms with E-state index < -0.39 is 0 Å². The molecule has 0 aromatic heterocycles. The zero-order chi connectivity index (χ0) is 15.9.